The van der Waals surface area contributed by atoms with Gasteiger partial charge in [0.25, 0.3) is 0 Å². The van der Waals surface area contributed by atoms with E-state index in [4.69, 9.17) is 0 Å². The molecule has 2 heteroatoms. The van der Waals surface area contributed by atoms with Gasteiger partial charge >= 0.3 is 0 Å². The summed E-state index contributed by atoms with van der Waals surface area (Å²) in [6.07, 6.45) is 18.9. The van der Waals surface area contributed by atoms with Crippen LogP contribution in [0.3, 0.4) is 0 Å². The van der Waals surface area contributed by atoms with E-state index in [9.17, 15) is 0 Å². The van der Waals surface area contributed by atoms with Crippen molar-refractivity contribution in [3.05, 3.63) is 143 Å². The molecule has 0 spiro atoms. The number of fused-ring (bicyclic) bond motifs is 8. The van der Waals surface area contributed by atoms with Gasteiger partial charge < -0.3 is 10.2 Å². The maximum absolute atomic E-state index is 3.87. The van der Waals surface area contributed by atoms with Gasteiger partial charge in [-0.05, 0) is 104 Å². The first-order valence-electron chi connectivity index (χ1n) is 16.4. The van der Waals surface area contributed by atoms with Crippen molar-refractivity contribution in [3.63, 3.8) is 0 Å². The minimum Gasteiger partial charge on any atom is -0.378 e. The van der Waals surface area contributed by atoms with Crippen LogP contribution >= 0.6 is 0 Å². The zero-order valence-electron chi connectivity index (χ0n) is 26.1. The Balaban J connectivity index is 1.11. The number of hydrogen-bond donors (Lipinski definition) is 1. The van der Waals surface area contributed by atoms with E-state index < -0.39 is 0 Å². The second kappa shape index (κ2) is 9.11. The second-order valence-corrected chi connectivity index (χ2v) is 14.9. The van der Waals surface area contributed by atoms with Gasteiger partial charge in [-0.2, -0.15) is 0 Å². The van der Waals surface area contributed by atoms with Gasteiger partial charge in [0.2, 0.25) is 0 Å². The molecule has 4 unspecified atom stereocenters. The van der Waals surface area contributed by atoms with Gasteiger partial charge in [-0.15, -0.1) is 0 Å². The van der Waals surface area contributed by atoms with Crippen LogP contribution in [0.1, 0.15) is 80.2 Å². The lowest BCUT2D eigenvalue weighted by atomic mass is 9.63. The molecular weight excluding hydrogens is 532 g/mol. The molecule has 4 aromatic carbocycles. The van der Waals surface area contributed by atoms with E-state index in [1.54, 1.807) is 0 Å². The van der Waals surface area contributed by atoms with E-state index in [-0.39, 0.29) is 10.8 Å². The third-order valence-electron chi connectivity index (χ3n) is 11.3. The van der Waals surface area contributed by atoms with Crippen molar-refractivity contribution >= 4 is 33.4 Å². The number of para-hydroxylation sites is 1. The van der Waals surface area contributed by atoms with Crippen LogP contribution in [0.5, 0.6) is 0 Å². The van der Waals surface area contributed by atoms with Crippen LogP contribution in [0.25, 0.3) is 16.3 Å². The fraction of sp³-hybridized carbons (Fsp3) is 0.286. The summed E-state index contributed by atoms with van der Waals surface area (Å²) < 4.78 is 0. The Morgan fingerprint density at radius 3 is 2.20 bits per heavy atom. The van der Waals surface area contributed by atoms with Crippen LogP contribution in [0.15, 0.2) is 115 Å². The molecule has 2 aliphatic heterocycles. The van der Waals surface area contributed by atoms with E-state index >= 15 is 0 Å². The summed E-state index contributed by atoms with van der Waals surface area (Å²) in [6, 6.07) is 28.5. The molecule has 4 atom stereocenters. The lowest BCUT2D eigenvalue weighted by Gasteiger charge is -2.42. The van der Waals surface area contributed by atoms with Crippen molar-refractivity contribution in [2.24, 2.45) is 0 Å². The largest absolute Gasteiger partial charge is 0.378 e. The molecule has 218 valence electrons. The summed E-state index contributed by atoms with van der Waals surface area (Å²) in [7, 11) is 0. The zero-order chi connectivity index (χ0) is 29.8. The van der Waals surface area contributed by atoms with Crippen molar-refractivity contribution in [2.45, 2.75) is 75.3 Å². The molecule has 0 fully saturated rings. The Kier molecular flexibility index (Phi) is 5.41. The quantitative estimate of drug-likeness (QED) is 0.257. The highest BCUT2D eigenvalue weighted by molar-refractivity contribution is 5.92. The molecule has 5 aliphatic rings. The summed E-state index contributed by atoms with van der Waals surface area (Å²) in [6.45, 7) is 9.69. The molecule has 9 rings (SSSR count). The van der Waals surface area contributed by atoms with Gasteiger partial charge in [-0.1, -0.05) is 107 Å². The molecule has 0 bridgehead atoms. The molecular formula is C42H40N2. The Bertz CT molecular complexity index is 1970. The number of hydrogen-bond acceptors (Lipinski definition) is 2. The third-order valence-corrected chi connectivity index (χ3v) is 11.3. The molecule has 4 aromatic rings. The highest BCUT2D eigenvalue weighted by Gasteiger charge is 2.39. The smallest absolute Gasteiger partial charge is 0.0629 e. The van der Waals surface area contributed by atoms with E-state index in [2.05, 4.69) is 153 Å². The predicted octanol–water partition coefficient (Wildman–Crippen LogP) is 10.4. The van der Waals surface area contributed by atoms with Crippen molar-refractivity contribution in [1.29, 1.82) is 0 Å². The van der Waals surface area contributed by atoms with Crippen LogP contribution in [0.4, 0.5) is 17.1 Å². The normalized spacial score (nSPS) is 26.4. The fourth-order valence-electron chi connectivity index (χ4n) is 8.67. The third kappa shape index (κ3) is 3.79. The van der Waals surface area contributed by atoms with Gasteiger partial charge in [-0.3, -0.25) is 0 Å². The van der Waals surface area contributed by atoms with E-state index in [1.165, 1.54) is 74.1 Å². The standard InChI is InChI=1S/C42H40N2/c1-41(2)18-19-42(3,4)36-24-29-25-38-33(22-28(29)23-35(36)41)32-20-26(14-16-37(32)43-38)27-15-17-40-34(21-27)31-12-8-9-13-39(31)44(40)30-10-6-5-7-11-30/h5-17,20-25,31-32,37,39,43H,18-19H2,1-4H3. The van der Waals surface area contributed by atoms with Crippen molar-refractivity contribution < 1.29 is 0 Å². The van der Waals surface area contributed by atoms with Crippen LogP contribution in [0, 0.1) is 0 Å². The first-order chi connectivity index (χ1) is 21.3. The molecule has 3 aliphatic carbocycles. The van der Waals surface area contributed by atoms with E-state index in [0.29, 0.717) is 23.9 Å². The molecule has 2 heterocycles. The average Bonchev–Trinajstić information content (AvgIpc) is 3.56. The molecule has 0 saturated heterocycles. The Morgan fingerprint density at radius 1 is 0.705 bits per heavy atom. The minimum atomic E-state index is 0.214. The van der Waals surface area contributed by atoms with Crippen LogP contribution in [-0.4, -0.2) is 12.1 Å². The first kappa shape index (κ1) is 26.1. The van der Waals surface area contributed by atoms with Gasteiger partial charge in [-0.25, -0.2) is 0 Å². The average molecular weight is 573 g/mol. The maximum atomic E-state index is 3.87. The lowest BCUT2D eigenvalue weighted by Crippen LogP contribution is -2.33. The van der Waals surface area contributed by atoms with E-state index in [1.807, 2.05) is 0 Å². The summed E-state index contributed by atoms with van der Waals surface area (Å²) >= 11 is 0. The fourth-order valence-corrected chi connectivity index (χ4v) is 8.67. The number of anilines is 3. The Hall–Kier alpha value is -4.30. The number of rotatable bonds is 2. The Morgan fingerprint density at radius 2 is 1.43 bits per heavy atom. The molecule has 0 radical (unpaired) electrons. The predicted molar refractivity (Wildman–Crippen MR) is 186 cm³/mol. The summed E-state index contributed by atoms with van der Waals surface area (Å²) in [5, 5.41) is 6.60. The van der Waals surface area contributed by atoms with Crippen LogP contribution in [0.2, 0.25) is 0 Å². The highest BCUT2D eigenvalue weighted by atomic mass is 15.2. The number of allylic oxidation sites excluding steroid dienone is 4. The number of nitrogens with zero attached hydrogens (tertiary/aromatic N) is 1. The van der Waals surface area contributed by atoms with Gasteiger partial charge in [0.05, 0.1) is 12.1 Å². The lowest BCUT2D eigenvalue weighted by molar-refractivity contribution is 0.332. The monoisotopic (exact) mass is 572 g/mol. The summed E-state index contributed by atoms with van der Waals surface area (Å²) in [5.41, 5.74) is 12.8. The number of nitrogens with one attached hydrogen (secondary N) is 1. The SMILES string of the molecule is CC1(C)CCC(C)(C)c2cc3cc4c(cc3cc21)NC1C=CC(c2ccc3c(c2)C2C=CC=CC2N3c2ccccc2)=CC41. The first-order valence-corrected chi connectivity index (χ1v) is 16.4. The molecule has 0 amide bonds. The van der Waals surface area contributed by atoms with E-state index in [0.717, 1.165) is 0 Å². The molecule has 0 aromatic heterocycles. The van der Waals surface area contributed by atoms with Crippen molar-refractivity contribution in [3.8, 4) is 0 Å². The molecule has 2 nitrogen and oxygen atoms in total. The van der Waals surface area contributed by atoms with Crippen molar-refractivity contribution in [2.75, 3.05) is 10.2 Å². The second-order valence-electron chi connectivity index (χ2n) is 14.9. The van der Waals surface area contributed by atoms with Crippen LogP contribution in [-0.2, 0) is 10.8 Å². The van der Waals surface area contributed by atoms with Gasteiger partial charge in [0.1, 0.15) is 0 Å². The summed E-state index contributed by atoms with van der Waals surface area (Å²) in [5.74, 6) is 0.686. The molecule has 0 saturated carbocycles. The topological polar surface area (TPSA) is 15.3 Å². The van der Waals surface area contributed by atoms with Crippen LogP contribution < -0.4 is 10.2 Å². The summed E-state index contributed by atoms with van der Waals surface area (Å²) in [4.78, 5) is 2.51. The molecule has 1 N–H and O–H groups in total. The van der Waals surface area contributed by atoms with Crippen molar-refractivity contribution in [1.82, 2.24) is 0 Å². The minimum absolute atomic E-state index is 0.214. The highest BCUT2D eigenvalue weighted by Crippen LogP contribution is 2.51. The molecule has 44 heavy (non-hydrogen) atoms. The van der Waals surface area contributed by atoms with Gasteiger partial charge in [0.15, 0.2) is 0 Å². The Labute approximate surface area is 261 Å². The number of benzene rings is 4. The maximum Gasteiger partial charge on any atom is 0.0629 e. The zero-order valence-corrected chi connectivity index (χ0v) is 26.1. The van der Waals surface area contributed by atoms with Gasteiger partial charge in [0, 0.05) is 28.9 Å².